The minimum absolute atomic E-state index is 0.338. The van der Waals surface area contributed by atoms with Crippen LogP contribution in [-0.2, 0) is 11.2 Å². The van der Waals surface area contributed by atoms with Gasteiger partial charge in [0, 0.05) is 12.3 Å². The lowest BCUT2D eigenvalue weighted by Gasteiger charge is -2.08. The molecule has 1 saturated heterocycles. The fourth-order valence-electron chi connectivity index (χ4n) is 2.32. The van der Waals surface area contributed by atoms with Crippen molar-refractivity contribution in [3.8, 4) is 0 Å². The summed E-state index contributed by atoms with van der Waals surface area (Å²) < 4.78 is 0. The van der Waals surface area contributed by atoms with Crippen LogP contribution in [0.3, 0.4) is 0 Å². The molecule has 0 saturated carbocycles. The van der Waals surface area contributed by atoms with E-state index in [1.54, 1.807) is 0 Å². The molecule has 16 heavy (non-hydrogen) atoms. The van der Waals surface area contributed by atoms with E-state index in [0.29, 0.717) is 5.92 Å². The maximum absolute atomic E-state index is 10.7. The Morgan fingerprint density at radius 2 is 2.12 bits per heavy atom. The first-order chi connectivity index (χ1) is 7.65. The SMILES string of the molecule is Cc1ccc(C[C@H]2C[NH2+][C@H](C(=O)[O-])C2)cc1. The Hall–Kier alpha value is -1.35. The van der Waals surface area contributed by atoms with Crippen LogP contribution in [0.25, 0.3) is 0 Å². The average Bonchev–Trinajstić information content (AvgIpc) is 2.70. The number of carboxylic acids is 1. The molecule has 2 rings (SSSR count). The molecule has 0 aromatic heterocycles. The van der Waals surface area contributed by atoms with Crippen LogP contribution in [0.15, 0.2) is 24.3 Å². The highest BCUT2D eigenvalue weighted by atomic mass is 16.4. The number of hydrogen-bond donors (Lipinski definition) is 1. The molecule has 3 nitrogen and oxygen atoms in total. The molecule has 3 heteroatoms. The molecule has 0 unspecified atom stereocenters. The number of aryl methyl sites for hydroxylation is 1. The fraction of sp³-hybridized carbons (Fsp3) is 0.462. The highest BCUT2D eigenvalue weighted by molar-refractivity contribution is 5.69. The molecule has 0 radical (unpaired) electrons. The van der Waals surface area contributed by atoms with Crippen LogP contribution in [0, 0.1) is 12.8 Å². The number of carbonyl (C=O) groups excluding carboxylic acids is 1. The van der Waals surface area contributed by atoms with Crippen molar-refractivity contribution in [3.05, 3.63) is 35.4 Å². The van der Waals surface area contributed by atoms with Crippen LogP contribution >= 0.6 is 0 Å². The van der Waals surface area contributed by atoms with Crippen molar-refractivity contribution in [2.24, 2.45) is 5.92 Å². The lowest BCUT2D eigenvalue weighted by atomic mass is 9.96. The second-order valence-electron chi connectivity index (χ2n) is 4.69. The van der Waals surface area contributed by atoms with Gasteiger partial charge in [0.1, 0.15) is 6.04 Å². The van der Waals surface area contributed by atoms with E-state index in [9.17, 15) is 9.90 Å². The summed E-state index contributed by atoms with van der Waals surface area (Å²) in [6.45, 7) is 2.96. The Labute approximate surface area is 95.5 Å². The maximum atomic E-state index is 10.7. The lowest BCUT2D eigenvalue weighted by molar-refractivity contribution is -0.666. The van der Waals surface area contributed by atoms with Crippen molar-refractivity contribution in [1.82, 2.24) is 0 Å². The molecule has 1 heterocycles. The molecule has 0 amide bonds. The summed E-state index contributed by atoms with van der Waals surface area (Å²) in [6.07, 6.45) is 1.71. The highest BCUT2D eigenvalue weighted by Gasteiger charge is 2.28. The zero-order chi connectivity index (χ0) is 11.5. The van der Waals surface area contributed by atoms with Crippen LogP contribution in [0.4, 0.5) is 0 Å². The number of aliphatic carboxylic acids is 1. The van der Waals surface area contributed by atoms with Gasteiger partial charge < -0.3 is 15.2 Å². The van der Waals surface area contributed by atoms with E-state index in [1.807, 2.05) is 5.32 Å². The highest BCUT2D eigenvalue weighted by Crippen LogP contribution is 2.15. The summed E-state index contributed by atoms with van der Waals surface area (Å²) in [7, 11) is 0. The molecular formula is C13H17NO2. The first kappa shape index (κ1) is 11.1. The van der Waals surface area contributed by atoms with Crippen molar-refractivity contribution >= 4 is 5.97 Å². The molecule has 0 spiro atoms. The van der Waals surface area contributed by atoms with Gasteiger partial charge in [-0.25, -0.2) is 0 Å². The van der Waals surface area contributed by atoms with Crippen LogP contribution in [0.2, 0.25) is 0 Å². The molecule has 1 aliphatic heterocycles. The summed E-state index contributed by atoms with van der Waals surface area (Å²) in [5, 5.41) is 12.6. The molecule has 2 atom stereocenters. The molecule has 1 aromatic carbocycles. The monoisotopic (exact) mass is 219 g/mol. The van der Waals surface area contributed by atoms with Gasteiger partial charge in [-0.15, -0.1) is 0 Å². The summed E-state index contributed by atoms with van der Waals surface area (Å²) in [4.78, 5) is 10.7. The van der Waals surface area contributed by atoms with Gasteiger partial charge in [-0.1, -0.05) is 29.8 Å². The number of carboxylic acid groups (broad SMARTS) is 1. The number of quaternary nitrogens is 1. The Bertz CT molecular complexity index is 372. The van der Waals surface area contributed by atoms with Crippen molar-refractivity contribution in [3.63, 3.8) is 0 Å². The second-order valence-corrected chi connectivity index (χ2v) is 4.69. The Kier molecular flexibility index (Phi) is 3.25. The van der Waals surface area contributed by atoms with E-state index in [0.717, 1.165) is 19.4 Å². The molecule has 0 aliphatic carbocycles. The number of nitrogens with two attached hydrogens (primary N) is 1. The second kappa shape index (κ2) is 4.66. The molecule has 86 valence electrons. The predicted octanol–water partition coefficient (Wildman–Crippen LogP) is -0.761. The minimum atomic E-state index is -0.925. The average molecular weight is 219 g/mol. The van der Waals surface area contributed by atoms with Crippen molar-refractivity contribution in [1.29, 1.82) is 0 Å². The van der Waals surface area contributed by atoms with Crippen molar-refractivity contribution in [2.75, 3.05) is 6.54 Å². The van der Waals surface area contributed by atoms with Crippen molar-refractivity contribution in [2.45, 2.75) is 25.8 Å². The predicted molar refractivity (Wildman–Crippen MR) is 58.6 cm³/mol. The van der Waals surface area contributed by atoms with Gasteiger partial charge in [-0.2, -0.15) is 0 Å². The lowest BCUT2D eigenvalue weighted by Crippen LogP contribution is -2.90. The number of benzene rings is 1. The third-order valence-corrected chi connectivity index (χ3v) is 3.29. The van der Waals surface area contributed by atoms with Crippen LogP contribution < -0.4 is 10.4 Å². The number of carbonyl (C=O) groups is 1. The van der Waals surface area contributed by atoms with E-state index in [-0.39, 0.29) is 6.04 Å². The van der Waals surface area contributed by atoms with E-state index >= 15 is 0 Å². The summed E-state index contributed by atoms with van der Waals surface area (Å²) in [5.41, 5.74) is 2.55. The summed E-state index contributed by atoms with van der Waals surface area (Å²) in [5.74, 6) is -0.461. The topological polar surface area (TPSA) is 56.7 Å². The van der Waals surface area contributed by atoms with Gasteiger partial charge in [0.05, 0.1) is 12.5 Å². The Morgan fingerprint density at radius 3 is 2.69 bits per heavy atom. The van der Waals surface area contributed by atoms with Gasteiger partial charge >= 0.3 is 0 Å². The summed E-state index contributed by atoms with van der Waals surface area (Å²) >= 11 is 0. The fourth-order valence-corrected chi connectivity index (χ4v) is 2.32. The Balaban J connectivity index is 1.92. The largest absolute Gasteiger partial charge is 0.544 e. The number of rotatable bonds is 3. The van der Waals surface area contributed by atoms with Crippen LogP contribution in [0.5, 0.6) is 0 Å². The molecule has 1 aliphatic rings. The van der Waals surface area contributed by atoms with Crippen LogP contribution in [-0.4, -0.2) is 18.6 Å². The van der Waals surface area contributed by atoms with E-state index < -0.39 is 5.97 Å². The van der Waals surface area contributed by atoms with Crippen molar-refractivity contribution < 1.29 is 15.2 Å². The quantitative estimate of drug-likeness (QED) is 0.726. The zero-order valence-electron chi connectivity index (χ0n) is 9.48. The Morgan fingerprint density at radius 1 is 1.44 bits per heavy atom. The molecule has 2 N–H and O–H groups in total. The minimum Gasteiger partial charge on any atom is -0.544 e. The van der Waals surface area contributed by atoms with Crippen LogP contribution in [0.1, 0.15) is 17.5 Å². The van der Waals surface area contributed by atoms with Gasteiger partial charge in [-0.3, -0.25) is 0 Å². The molecular weight excluding hydrogens is 202 g/mol. The molecule has 1 aromatic rings. The van der Waals surface area contributed by atoms with E-state index in [2.05, 4.69) is 31.2 Å². The summed E-state index contributed by atoms with van der Waals surface area (Å²) in [6, 6.07) is 8.12. The van der Waals surface area contributed by atoms with Gasteiger partial charge in [0.15, 0.2) is 0 Å². The maximum Gasteiger partial charge on any atom is 0.127 e. The van der Waals surface area contributed by atoms with Gasteiger partial charge in [0.25, 0.3) is 0 Å². The molecule has 0 bridgehead atoms. The zero-order valence-corrected chi connectivity index (χ0v) is 9.48. The first-order valence-electron chi connectivity index (χ1n) is 5.75. The smallest absolute Gasteiger partial charge is 0.127 e. The third-order valence-electron chi connectivity index (χ3n) is 3.29. The third kappa shape index (κ3) is 2.61. The standard InChI is InChI=1S/C13H17NO2/c1-9-2-4-10(5-3-9)6-11-7-12(13(15)16)14-8-11/h2-5,11-12,14H,6-8H2,1H3,(H,15,16)/t11-,12+/m1/s1. The number of hydrogen-bond acceptors (Lipinski definition) is 2. The normalized spacial score (nSPS) is 24.6. The van der Waals surface area contributed by atoms with E-state index in [4.69, 9.17) is 0 Å². The molecule has 1 fully saturated rings. The first-order valence-corrected chi connectivity index (χ1v) is 5.75. The van der Waals surface area contributed by atoms with Gasteiger partial charge in [0.2, 0.25) is 0 Å². The van der Waals surface area contributed by atoms with Gasteiger partial charge in [-0.05, 0) is 18.9 Å². The van der Waals surface area contributed by atoms with E-state index in [1.165, 1.54) is 11.1 Å².